The molecule has 1 saturated carbocycles. The Kier molecular flexibility index (Phi) is 9.73. The fraction of sp³-hybridized carbons (Fsp3) is 0.196. The van der Waals surface area contributed by atoms with E-state index in [1.807, 2.05) is 12.1 Å². The maximum atomic E-state index is 15.5. The Morgan fingerprint density at radius 1 is 0.831 bits per heavy atom. The molecule has 13 heteroatoms. The number of allylic oxidation sites excluding steroid dienone is 2. The third kappa shape index (κ3) is 6.08. The molecule has 4 amide bonds. The van der Waals surface area contributed by atoms with Crippen LogP contribution in [-0.2, 0) is 24.6 Å². The van der Waals surface area contributed by atoms with Gasteiger partial charge in [0.1, 0.15) is 11.5 Å². The molecule has 0 aromatic heterocycles. The third-order valence-corrected chi connectivity index (χ3v) is 13.3. The van der Waals surface area contributed by atoms with Crippen LogP contribution < -0.4 is 15.1 Å². The zero-order chi connectivity index (χ0) is 41.3. The number of benzene rings is 5. The average molecular weight is 892 g/mol. The summed E-state index contributed by atoms with van der Waals surface area (Å²) in [4.78, 5) is 73.9. The Balaban J connectivity index is 1.17. The number of rotatable bonds is 8. The number of nitrogens with one attached hydrogen (secondary N) is 1. The van der Waals surface area contributed by atoms with E-state index in [1.54, 1.807) is 97.1 Å². The van der Waals surface area contributed by atoms with Gasteiger partial charge in [0.05, 0.1) is 46.7 Å². The van der Waals surface area contributed by atoms with Crippen LogP contribution in [0.15, 0.2) is 131 Å². The van der Waals surface area contributed by atoms with E-state index < -0.39 is 52.7 Å². The van der Waals surface area contributed by atoms with Gasteiger partial charge in [0, 0.05) is 32.1 Å². The highest BCUT2D eigenvalue weighted by atomic mass is 79.9. The van der Waals surface area contributed by atoms with Crippen molar-refractivity contribution in [2.24, 2.45) is 23.7 Å². The molecule has 2 aliphatic carbocycles. The molecule has 5 aromatic rings. The second-order valence-electron chi connectivity index (χ2n) is 15.2. The van der Waals surface area contributed by atoms with Gasteiger partial charge >= 0.3 is 0 Å². The number of ketones is 1. The molecule has 0 spiro atoms. The highest BCUT2D eigenvalue weighted by molar-refractivity contribution is 9.10. The van der Waals surface area contributed by atoms with Gasteiger partial charge in [-0.3, -0.25) is 34.3 Å². The first-order valence-electron chi connectivity index (χ1n) is 18.9. The molecule has 5 aromatic carbocycles. The van der Waals surface area contributed by atoms with Gasteiger partial charge in [0.15, 0.2) is 5.78 Å². The first-order valence-corrected chi connectivity index (χ1v) is 20.5. The van der Waals surface area contributed by atoms with Crippen molar-refractivity contribution in [3.8, 4) is 11.5 Å². The lowest BCUT2D eigenvalue weighted by molar-refractivity contribution is -0.138. The highest BCUT2D eigenvalue weighted by Gasteiger charge is 2.70. The minimum atomic E-state index is -1.64. The second kappa shape index (κ2) is 14.8. The summed E-state index contributed by atoms with van der Waals surface area (Å²) in [6.45, 7) is 0. The Morgan fingerprint density at radius 2 is 1.54 bits per heavy atom. The quantitative estimate of drug-likeness (QED) is 0.0898. The maximum Gasteiger partial charge on any atom is 0.260 e. The molecule has 0 radical (unpaired) electrons. The molecule has 0 bridgehead atoms. The van der Waals surface area contributed by atoms with Gasteiger partial charge < -0.3 is 9.84 Å². The number of halogens is 3. The minimum Gasteiger partial charge on any atom is -0.508 e. The van der Waals surface area contributed by atoms with E-state index in [4.69, 9.17) is 27.9 Å². The van der Waals surface area contributed by atoms with Gasteiger partial charge in [-0.15, -0.1) is 0 Å². The number of phenols is 1. The predicted octanol–water partition coefficient (Wildman–Crippen LogP) is 8.89. The lowest BCUT2D eigenvalue weighted by Gasteiger charge is -2.50. The molecule has 10 nitrogen and oxygen atoms in total. The molecule has 2 aliphatic heterocycles. The Morgan fingerprint density at radius 3 is 2.24 bits per heavy atom. The highest BCUT2D eigenvalue weighted by Crippen LogP contribution is 2.65. The Hall–Kier alpha value is -5.75. The number of nitrogens with zero attached hydrogens (tertiary/aromatic N) is 2. The number of hydrazine groups is 1. The van der Waals surface area contributed by atoms with Gasteiger partial charge in [0.2, 0.25) is 11.8 Å². The SMILES string of the molecule is COc1ccc([C@@]23C(=O)N(Nc4ccc(Cl)cc4Cl)C(=O)[C@@H]2C[C@@H]2C(=CC[C@@H]4C(=O)N(c5ccc(C(=O)c6ccccc6)cc5)C(=O)[C@@H]42)[C@@H]3c2cc(Br)ccc2O)cc1. The third-order valence-electron chi connectivity index (χ3n) is 12.3. The van der Waals surface area contributed by atoms with Gasteiger partial charge in [-0.1, -0.05) is 93.2 Å². The van der Waals surface area contributed by atoms with E-state index in [0.29, 0.717) is 48.8 Å². The summed E-state index contributed by atoms with van der Waals surface area (Å²) in [6.07, 6.45) is 2.14. The van der Waals surface area contributed by atoms with Crippen molar-refractivity contribution in [3.05, 3.63) is 164 Å². The zero-order valence-electron chi connectivity index (χ0n) is 31.3. The fourth-order valence-corrected chi connectivity index (χ4v) is 10.5. The van der Waals surface area contributed by atoms with E-state index >= 15 is 9.59 Å². The van der Waals surface area contributed by atoms with Crippen molar-refractivity contribution in [2.45, 2.75) is 24.2 Å². The summed E-state index contributed by atoms with van der Waals surface area (Å²) >= 11 is 16.3. The lowest BCUT2D eigenvalue weighted by Crippen LogP contribution is -2.53. The van der Waals surface area contributed by atoms with E-state index in [0.717, 1.165) is 5.01 Å². The van der Waals surface area contributed by atoms with Crippen LogP contribution in [0.1, 0.15) is 45.8 Å². The lowest BCUT2D eigenvalue weighted by atomic mass is 9.49. The molecule has 2 saturated heterocycles. The summed E-state index contributed by atoms with van der Waals surface area (Å²) in [6, 6.07) is 31.7. The Bertz CT molecular complexity index is 2620. The number of hydrogen-bond acceptors (Lipinski definition) is 8. The maximum absolute atomic E-state index is 15.5. The topological polar surface area (TPSA) is 133 Å². The van der Waals surface area contributed by atoms with Crippen molar-refractivity contribution in [3.63, 3.8) is 0 Å². The van der Waals surface area contributed by atoms with Crippen LogP contribution >= 0.6 is 39.1 Å². The van der Waals surface area contributed by atoms with Crippen LogP contribution in [0.25, 0.3) is 0 Å². The van der Waals surface area contributed by atoms with E-state index in [2.05, 4.69) is 21.4 Å². The number of phenolic OH excluding ortho intramolecular Hbond substituents is 1. The molecule has 2 heterocycles. The summed E-state index contributed by atoms with van der Waals surface area (Å²) in [7, 11) is 1.53. The van der Waals surface area contributed by atoms with Crippen LogP contribution in [0, 0.1) is 23.7 Å². The minimum absolute atomic E-state index is 0.0404. The molecule has 6 atom stereocenters. The molecular weight excluding hydrogens is 857 g/mol. The van der Waals surface area contributed by atoms with Crippen LogP contribution in [0.3, 0.4) is 0 Å². The van der Waals surface area contributed by atoms with Crippen LogP contribution in [0.2, 0.25) is 10.0 Å². The summed E-state index contributed by atoms with van der Waals surface area (Å²) in [5.74, 6) is -6.10. The summed E-state index contributed by atoms with van der Waals surface area (Å²) in [5, 5.41) is 13.2. The number of methoxy groups -OCH3 is 1. The van der Waals surface area contributed by atoms with Crippen LogP contribution in [-0.4, -0.2) is 46.6 Å². The van der Waals surface area contributed by atoms with Crippen molar-refractivity contribution < 1.29 is 33.8 Å². The largest absolute Gasteiger partial charge is 0.508 e. The zero-order valence-corrected chi connectivity index (χ0v) is 34.4. The second-order valence-corrected chi connectivity index (χ2v) is 16.9. The number of ether oxygens (including phenoxy) is 1. The molecule has 296 valence electrons. The van der Waals surface area contributed by atoms with Crippen LogP contribution in [0.5, 0.6) is 11.5 Å². The number of amides is 4. The van der Waals surface area contributed by atoms with E-state index in [-0.39, 0.29) is 41.0 Å². The number of fused-ring (bicyclic) bond motifs is 4. The molecule has 2 N–H and O–H groups in total. The number of carbonyl (C=O) groups excluding carboxylic acids is 5. The molecule has 0 unspecified atom stereocenters. The predicted molar refractivity (Wildman–Crippen MR) is 225 cm³/mol. The number of hydrogen-bond donors (Lipinski definition) is 2. The monoisotopic (exact) mass is 889 g/mol. The van der Waals surface area contributed by atoms with Crippen LogP contribution in [0.4, 0.5) is 11.4 Å². The molecule has 3 fully saturated rings. The number of aromatic hydroxyl groups is 1. The number of imide groups is 2. The van der Waals surface area contributed by atoms with Gasteiger partial charge in [-0.2, -0.15) is 5.01 Å². The first-order chi connectivity index (χ1) is 28.4. The molecule has 9 rings (SSSR count). The summed E-state index contributed by atoms with van der Waals surface area (Å²) < 4.78 is 6.10. The first kappa shape index (κ1) is 38.8. The number of carbonyl (C=O) groups is 5. The molecule has 59 heavy (non-hydrogen) atoms. The van der Waals surface area contributed by atoms with Gasteiger partial charge in [-0.25, -0.2) is 0 Å². The molecule has 4 aliphatic rings. The van der Waals surface area contributed by atoms with Crippen molar-refractivity contribution in [2.75, 3.05) is 17.4 Å². The average Bonchev–Trinajstić information content (AvgIpc) is 3.63. The normalized spacial score (nSPS) is 24.7. The van der Waals surface area contributed by atoms with Gasteiger partial charge in [0.25, 0.3) is 11.8 Å². The standard InChI is InChI=1S/C46H34BrCl2N3O7/c1-59-30-15-9-26(10-16-30)46-35(43(56)52(45(46)58)50-37-19-12-28(48)22-36(37)49)23-33-31(40(46)34-21-27(47)11-20-38(34)53)17-18-32-39(33)44(57)51(42(32)55)29-13-7-25(8-14-29)41(54)24-5-3-2-4-6-24/h2-17,19-22,32-33,35,39-40,50,53H,18,23H2,1H3/t32-,33+,35-,39-,40+,46+/m0/s1. The molecular formula is C46H34BrCl2N3O7. The van der Waals surface area contributed by atoms with E-state index in [1.165, 1.54) is 24.1 Å². The van der Waals surface area contributed by atoms with Crippen molar-refractivity contribution >= 4 is 79.9 Å². The number of anilines is 2. The fourth-order valence-electron chi connectivity index (χ4n) is 9.72. The summed E-state index contributed by atoms with van der Waals surface area (Å²) in [5.41, 5.74) is 4.38. The van der Waals surface area contributed by atoms with E-state index in [9.17, 15) is 19.5 Å². The van der Waals surface area contributed by atoms with Crippen molar-refractivity contribution in [1.29, 1.82) is 0 Å². The Labute approximate surface area is 357 Å². The smallest absolute Gasteiger partial charge is 0.260 e. The van der Waals surface area contributed by atoms with Crippen molar-refractivity contribution in [1.82, 2.24) is 5.01 Å². The van der Waals surface area contributed by atoms with Gasteiger partial charge in [-0.05, 0) is 97.1 Å².